The highest BCUT2D eigenvalue weighted by Crippen LogP contribution is 2.17. The van der Waals surface area contributed by atoms with Crippen molar-refractivity contribution in [2.45, 2.75) is 137 Å². The molecule has 3 nitrogen and oxygen atoms in total. The SMILES string of the molecule is CCCCCCCCCCCCCCCCOC(C)C(OC(C)=O)[C](C)C. The van der Waals surface area contributed by atoms with Gasteiger partial charge < -0.3 is 9.47 Å². The van der Waals surface area contributed by atoms with Crippen LogP contribution in [0.2, 0.25) is 0 Å². The van der Waals surface area contributed by atoms with Gasteiger partial charge in [-0.25, -0.2) is 0 Å². The maximum absolute atomic E-state index is 11.2. The number of hydrogen-bond acceptors (Lipinski definition) is 3. The van der Waals surface area contributed by atoms with Crippen molar-refractivity contribution in [3.63, 3.8) is 0 Å². The van der Waals surface area contributed by atoms with Gasteiger partial charge in [-0.15, -0.1) is 0 Å². The van der Waals surface area contributed by atoms with Crippen LogP contribution in [0.5, 0.6) is 0 Å². The molecule has 0 amide bonds. The minimum Gasteiger partial charge on any atom is -0.459 e. The predicted molar refractivity (Wildman–Crippen MR) is 116 cm³/mol. The van der Waals surface area contributed by atoms with E-state index in [1.807, 2.05) is 20.8 Å². The molecule has 0 aliphatic carbocycles. The van der Waals surface area contributed by atoms with Gasteiger partial charge in [-0.2, -0.15) is 0 Å². The molecule has 0 aromatic rings. The number of rotatable bonds is 19. The zero-order valence-corrected chi connectivity index (χ0v) is 19.0. The molecule has 0 N–H and O–H groups in total. The summed E-state index contributed by atoms with van der Waals surface area (Å²) in [6.07, 6.45) is 18.8. The summed E-state index contributed by atoms with van der Waals surface area (Å²) in [5, 5.41) is 0. The van der Waals surface area contributed by atoms with Crippen LogP contribution in [0.25, 0.3) is 0 Å². The van der Waals surface area contributed by atoms with Gasteiger partial charge in [0.1, 0.15) is 6.10 Å². The molecular formula is C24H47O3. The first-order chi connectivity index (χ1) is 13.0. The van der Waals surface area contributed by atoms with Crippen molar-refractivity contribution >= 4 is 5.97 Å². The lowest BCUT2D eigenvalue weighted by Crippen LogP contribution is -2.34. The maximum atomic E-state index is 11.2. The number of carbonyl (C=O) groups excluding carboxylic acids is 1. The minimum atomic E-state index is -0.242. The fraction of sp³-hybridized carbons (Fsp3) is 0.917. The van der Waals surface area contributed by atoms with E-state index in [4.69, 9.17) is 9.47 Å². The third-order valence-electron chi connectivity index (χ3n) is 5.17. The zero-order valence-electron chi connectivity index (χ0n) is 19.0. The fourth-order valence-electron chi connectivity index (χ4n) is 3.52. The lowest BCUT2D eigenvalue weighted by Gasteiger charge is -2.26. The van der Waals surface area contributed by atoms with Gasteiger partial charge in [0.05, 0.1) is 6.10 Å². The average Bonchev–Trinajstić information content (AvgIpc) is 2.62. The molecule has 0 saturated heterocycles. The molecule has 161 valence electrons. The van der Waals surface area contributed by atoms with Crippen LogP contribution in [0, 0.1) is 5.92 Å². The topological polar surface area (TPSA) is 35.5 Å². The number of ether oxygens (including phenoxy) is 2. The van der Waals surface area contributed by atoms with Crippen molar-refractivity contribution in [3.05, 3.63) is 5.92 Å². The van der Waals surface area contributed by atoms with Crippen LogP contribution in [0.4, 0.5) is 0 Å². The second kappa shape index (κ2) is 18.8. The molecule has 0 fully saturated rings. The first-order valence-corrected chi connectivity index (χ1v) is 11.6. The molecule has 0 aliphatic heterocycles. The fourth-order valence-corrected chi connectivity index (χ4v) is 3.52. The van der Waals surface area contributed by atoms with E-state index < -0.39 is 0 Å². The van der Waals surface area contributed by atoms with Crippen molar-refractivity contribution in [1.29, 1.82) is 0 Å². The lowest BCUT2D eigenvalue weighted by atomic mass is 10.0. The van der Waals surface area contributed by atoms with E-state index in [9.17, 15) is 4.79 Å². The summed E-state index contributed by atoms with van der Waals surface area (Å²) in [6, 6.07) is 0. The molecule has 0 aliphatic rings. The van der Waals surface area contributed by atoms with Crippen LogP contribution >= 0.6 is 0 Å². The molecule has 1 radical (unpaired) electrons. The standard InChI is InChI=1S/C24H47O3/c1-6-7-8-9-10-11-12-13-14-15-16-17-18-19-20-26-22(4)24(21(2)3)27-23(5)25/h22,24H,6-20H2,1-5H3. The second-order valence-corrected chi connectivity index (χ2v) is 8.28. The van der Waals surface area contributed by atoms with Gasteiger partial charge in [0.15, 0.2) is 0 Å². The molecule has 0 spiro atoms. The van der Waals surface area contributed by atoms with Gasteiger partial charge in [0.25, 0.3) is 0 Å². The number of hydrogen-bond donors (Lipinski definition) is 0. The molecule has 0 saturated carbocycles. The van der Waals surface area contributed by atoms with Crippen LogP contribution in [-0.4, -0.2) is 24.8 Å². The van der Waals surface area contributed by atoms with Crippen molar-refractivity contribution in [1.82, 2.24) is 0 Å². The van der Waals surface area contributed by atoms with Gasteiger partial charge in [-0.1, -0.05) is 104 Å². The smallest absolute Gasteiger partial charge is 0.303 e. The first kappa shape index (κ1) is 26.4. The van der Waals surface area contributed by atoms with E-state index in [0.29, 0.717) is 0 Å². The van der Waals surface area contributed by atoms with Gasteiger partial charge in [-0.05, 0) is 13.3 Å². The molecule has 0 aromatic carbocycles. The molecule has 27 heavy (non-hydrogen) atoms. The highest BCUT2D eigenvalue weighted by atomic mass is 16.6. The largest absolute Gasteiger partial charge is 0.459 e. The van der Waals surface area contributed by atoms with E-state index in [0.717, 1.165) is 18.9 Å². The molecule has 0 bridgehead atoms. The van der Waals surface area contributed by atoms with E-state index in [1.54, 1.807) is 0 Å². The second-order valence-electron chi connectivity index (χ2n) is 8.28. The van der Waals surface area contributed by atoms with Gasteiger partial charge >= 0.3 is 5.97 Å². The third-order valence-corrected chi connectivity index (χ3v) is 5.17. The maximum Gasteiger partial charge on any atom is 0.303 e. The van der Waals surface area contributed by atoms with E-state index in [1.165, 1.54) is 90.4 Å². The summed E-state index contributed by atoms with van der Waals surface area (Å²) >= 11 is 0. The number of carbonyl (C=O) groups is 1. The normalized spacial score (nSPS) is 13.7. The van der Waals surface area contributed by atoms with Crippen LogP contribution in [0.3, 0.4) is 0 Å². The summed E-state index contributed by atoms with van der Waals surface area (Å²) in [6.45, 7) is 10.4. The Balaban J connectivity index is 3.40. The summed E-state index contributed by atoms with van der Waals surface area (Å²) < 4.78 is 11.2. The molecule has 2 unspecified atom stereocenters. The molecule has 0 rings (SSSR count). The molecule has 0 aromatic heterocycles. The number of unbranched alkanes of at least 4 members (excludes halogenated alkanes) is 13. The summed E-state index contributed by atoms with van der Waals surface area (Å²) in [7, 11) is 0. The quantitative estimate of drug-likeness (QED) is 0.172. The highest BCUT2D eigenvalue weighted by molar-refractivity contribution is 5.66. The average molecular weight is 384 g/mol. The van der Waals surface area contributed by atoms with Crippen LogP contribution in [-0.2, 0) is 14.3 Å². The van der Waals surface area contributed by atoms with Gasteiger partial charge in [0.2, 0.25) is 0 Å². The van der Waals surface area contributed by atoms with Crippen LogP contribution in [0.15, 0.2) is 0 Å². The summed E-state index contributed by atoms with van der Waals surface area (Å²) in [4.78, 5) is 11.2. The molecule has 2 atom stereocenters. The first-order valence-electron chi connectivity index (χ1n) is 11.6. The lowest BCUT2D eigenvalue weighted by molar-refractivity contribution is -0.152. The zero-order chi connectivity index (χ0) is 20.3. The van der Waals surface area contributed by atoms with E-state index >= 15 is 0 Å². The predicted octanol–water partition coefficient (Wildman–Crippen LogP) is 7.42. The van der Waals surface area contributed by atoms with Gasteiger partial charge in [0, 0.05) is 19.4 Å². The molecular weight excluding hydrogens is 336 g/mol. The van der Waals surface area contributed by atoms with Gasteiger partial charge in [-0.3, -0.25) is 4.79 Å². The Morgan fingerprint density at radius 1 is 0.704 bits per heavy atom. The van der Waals surface area contributed by atoms with E-state index in [-0.39, 0.29) is 18.2 Å². The summed E-state index contributed by atoms with van der Waals surface area (Å²) in [5.41, 5.74) is 0. The Morgan fingerprint density at radius 3 is 1.48 bits per heavy atom. The van der Waals surface area contributed by atoms with Crippen LogP contribution in [0.1, 0.15) is 125 Å². The van der Waals surface area contributed by atoms with Crippen molar-refractivity contribution in [2.24, 2.45) is 0 Å². The Morgan fingerprint density at radius 2 is 1.11 bits per heavy atom. The highest BCUT2D eigenvalue weighted by Gasteiger charge is 2.24. The molecule has 0 heterocycles. The van der Waals surface area contributed by atoms with Crippen molar-refractivity contribution in [2.75, 3.05) is 6.61 Å². The monoisotopic (exact) mass is 383 g/mol. The van der Waals surface area contributed by atoms with Crippen LogP contribution < -0.4 is 0 Å². The Kier molecular flexibility index (Phi) is 18.4. The Labute approximate surface area is 170 Å². The van der Waals surface area contributed by atoms with Crippen molar-refractivity contribution < 1.29 is 14.3 Å². The Bertz CT molecular complexity index is 328. The number of esters is 1. The van der Waals surface area contributed by atoms with E-state index in [2.05, 4.69) is 6.92 Å². The molecule has 3 heteroatoms. The Hall–Kier alpha value is -0.570. The third kappa shape index (κ3) is 17.3. The minimum absolute atomic E-state index is 0.0686. The summed E-state index contributed by atoms with van der Waals surface area (Å²) in [5.74, 6) is 0.840. The van der Waals surface area contributed by atoms with Crippen molar-refractivity contribution in [3.8, 4) is 0 Å².